The van der Waals surface area contributed by atoms with Crippen LogP contribution < -0.4 is 11.3 Å². The fourth-order valence-corrected chi connectivity index (χ4v) is 3.00. The maximum Gasteiger partial charge on any atom is 0.266 e. The molecule has 1 aromatic heterocycles. The molecule has 1 heterocycles. The summed E-state index contributed by atoms with van der Waals surface area (Å²) in [5, 5.41) is 23.3. The number of carbonyl (C=O) groups excluding carboxylic acids is 1. The molecule has 0 radical (unpaired) electrons. The molecule has 2 aromatic carbocycles. The van der Waals surface area contributed by atoms with Gasteiger partial charge in [-0.15, -0.1) is 0 Å². The van der Waals surface area contributed by atoms with Crippen LogP contribution in [0.2, 0.25) is 0 Å². The summed E-state index contributed by atoms with van der Waals surface area (Å²) in [6.45, 7) is 1.43. The van der Waals surface area contributed by atoms with E-state index in [1.165, 1.54) is 6.92 Å². The molecule has 3 rings (SSSR count). The predicted molar refractivity (Wildman–Crippen MR) is 92.4 cm³/mol. The van der Waals surface area contributed by atoms with Crippen molar-refractivity contribution in [2.75, 3.05) is 0 Å². The van der Waals surface area contributed by atoms with E-state index in [0.717, 1.165) is 5.56 Å². The minimum Gasteiger partial charge on any atom is -0.508 e. The largest absolute Gasteiger partial charge is 0.508 e. The Morgan fingerprint density at radius 2 is 1.88 bits per heavy atom. The molecule has 0 unspecified atom stereocenters. The van der Waals surface area contributed by atoms with Crippen LogP contribution >= 0.6 is 0 Å². The van der Waals surface area contributed by atoms with Crippen LogP contribution in [0.25, 0.3) is 11.0 Å². The minimum absolute atomic E-state index is 0.0579. The molecular formula is C19H18N2O4. The smallest absolute Gasteiger partial charge is 0.266 e. The standard InChI is InChI=1S/C19H18N2O4/c1-11(22)17-15(10-20)13-7-8-16(23)14(18(13)25-19(17)21-24)9-12-5-3-2-4-6-12/h2-8,23-24H,9-10,20H2,1H3. The SMILES string of the molecule is CC(=O)c1c(CN)c2ccc(O)c(Cc3ccccc3)c2oc1=NO. The Hall–Kier alpha value is -3.12. The summed E-state index contributed by atoms with van der Waals surface area (Å²) in [5.74, 6) is -0.251. The van der Waals surface area contributed by atoms with Gasteiger partial charge in [0.2, 0.25) is 0 Å². The fourth-order valence-electron chi connectivity index (χ4n) is 3.00. The number of nitrogens with zero attached hydrogens (tertiary/aromatic N) is 1. The van der Waals surface area contributed by atoms with E-state index in [0.29, 0.717) is 28.5 Å². The van der Waals surface area contributed by atoms with Gasteiger partial charge in [-0.3, -0.25) is 4.79 Å². The first-order valence-corrected chi connectivity index (χ1v) is 7.80. The third-order valence-electron chi connectivity index (χ3n) is 4.15. The summed E-state index contributed by atoms with van der Waals surface area (Å²) >= 11 is 0. The molecule has 0 aliphatic heterocycles. The highest BCUT2D eigenvalue weighted by molar-refractivity contribution is 6.00. The van der Waals surface area contributed by atoms with Crippen molar-refractivity contribution in [3.63, 3.8) is 0 Å². The second kappa shape index (κ2) is 6.78. The number of hydrogen-bond acceptors (Lipinski definition) is 6. The number of carbonyl (C=O) groups is 1. The maximum atomic E-state index is 12.0. The summed E-state index contributed by atoms with van der Waals surface area (Å²) in [7, 11) is 0. The van der Waals surface area contributed by atoms with Crippen molar-refractivity contribution in [2.45, 2.75) is 19.9 Å². The molecule has 25 heavy (non-hydrogen) atoms. The van der Waals surface area contributed by atoms with Gasteiger partial charge in [-0.1, -0.05) is 30.3 Å². The molecule has 0 saturated heterocycles. The minimum atomic E-state index is -0.309. The molecule has 0 aliphatic rings. The molecule has 0 aliphatic carbocycles. The van der Waals surface area contributed by atoms with Crippen molar-refractivity contribution >= 4 is 16.8 Å². The zero-order chi connectivity index (χ0) is 18.0. The third-order valence-corrected chi connectivity index (χ3v) is 4.15. The summed E-state index contributed by atoms with van der Waals surface area (Å²) in [6.07, 6.45) is 0.418. The van der Waals surface area contributed by atoms with Gasteiger partial charge in [0.1, 0.15) is 11.3 Å². The number of benzene rings is 2. The highest BCUT2D eigenvalue weighted by atomic mass is 16.5. The lowest BCUT2D eigenvalue weighted by Crippen LogP contribution is -2.19. The van der Waals surface area contributed by atoms with Gasteiger partial charge in [-0.2, -0.15) is 0 Å². The Labute approximate surface area is 143 Å². The van der Waals surface area contributed by atoms with Crippen LogP contribution in [0.3, 0.4) is 0 Å². The molecule has 6 nitrogen and oxygen atoms in total. The lowest BCUT2D eigenvalue weighted by molar-refractivity contribution is 0.101. The first-order valence-electron chi connectivity index (χ1n) is 7.80. The number of nitrogens with two attached hydrogens (primary N) is 1. The molecule has 0 bridgehead atoms. The average molecular weight is 338 g/mol. The number of hydrogen-bond donors (Lipinski definition) is 3. The van der Waals surface area contributed by atoms with Gasteiger partial charge in [-0.25, -0.2) is 0 Å². The van der Waals surface area contributed by atoms with E-state index in [4.69, 9.17) is 10.2 Å². The van der Waals surface area contributed by atoms with E-state index < -0.39 is 0 Å². The monoisotopic (exact) mass is 338 g/mol. The summed E-state index contributed by atoms with van der Waals surface area (Å²) in [4.78, 5) is 12.0. The number of fused-ring (bicyclic) bond motifs is 1. The molecule has 3 aromatic rings. The molecular weight excluding hydrogens is 320 g/mol. The van der Waals surface area contributed by atoms with Crippen LogP contribution in [0.4, 0.5) is 0 Å². The van der Waals surface area contributed by atoms with Crippen LogP contribution in [0.1, 0.15) is 34.0 Å². The van der Waals surface area contributed by atoms with E-state index in [2.05, 4.69) is 5.16 Å². The molecule has 0 amide bonds. The molecule has 6 heteroatoms. The number of Topliss-reactive ketones (excluding diaryl/α,β-unsaturated/α-hetero) is 1. The van der Waals surface area contributed by atoms with Gasteiger partial charge >= 0.3 is 0 Å². The lowest BCUT2D eigenvalue weighted by atomic mass is 9.96. The summed E-state index contributed by atoms with van der Waals surface area (Å²) in [6, 6.07) is 12.8. The van der Waals surface area contributed by atoms with Crippen LogP contribution in [0, 0.1) is 0 Å². The van der Waals surface area contributed by atoms with Gasteiger partial charge in [0.15, 0.2) is 5.78 Å². The first-order chi connectivity index (χ1) is 12.1. The van der Waals surface area contributed by atoms with Crippen LogP contribution in [0.15, 0.2) is 52.0 Å². The quantitative estimate of drug-likeness (QED) is 0.385. The highest BCUT2D eigenvalue weighted by Gasteiger charge is 2.20. The fraction of sp³-hybridized carbons (Fsp3) is 0.158. The van der Waals surface area contributed by atoms with Gasteiger partial charge in [0.05, 0.1) is 5.56 Å². The van der Waals surface area contributed by atoms with Gasteiger partial charge in [-0.05, 0) is 35.3 Å². The number of rotatable bonds is 4. The number of phenolic OH excluding ortho intramolecular Hbond substituents is 1. The van der Waals surface area contributed by atoms with Gasteiger partial charge < -0.3 is 20.5 Å². The maximum absolute atomic E-state index is 12.0. The van der Waals surface area contributed by atoms with Crippen molar-refractivity contribution in [1.82, 2.24) is 0 Å². The lowest BCUT2D eigenvalue weighted by Gasteiger charge is -2.13. The summed E-state index contributed by atoms with van der Waals surface area (Å²) in [5.41, 5.74) is 8.17. The molecule has 128 valence electrons. The Kier molecular flexibility index (Phi) is 4.54. The average Bonchev–Trinajstić information content (AvgIpc) is 2.63. The first kappa shape index (κ1) is 16.7. The van der Waals surface area contributed by atoms with E-state index in [-0.39, 0.29) is 29.2 Å². The molecule has 0 saturated carbocycles. The zero-order valence-corrected chi connectivity index (χ0v) is 13.7. The van der Waals surface area contributed by atoms with Crippen molar-refractivity contribution in [2.24, 2.45) is 10.9 Å². The number of ketones is 1. The topological polar surface area (TPSA) is 109 Å². The zero-order valence-electron chi connectivity index (χ0n) is 13.7. The van der Waals surface area contributed by atoms with Gasteiger partial charge in [0.25, 0.3) is 5.55 Å². The highest BCUT2D eigenvalue weighted by Crippen LogP contribution is 2.31. The molecule has 0 fully saturated rings. The Morgan fingerprint density at radius 1 is 1.16 bits per heavy atom. The predicted octanol–water partition coefficient (Wildman–Crippen LogP) is 2.68. The summed E-state index contributed by atoms with van der Waals surface area (Å²) < 4.78 is 5.68. The number of phenols is 1. The van der Waals surface area contributed by atoms with Crippen molar-refractivity contribution in [1.29, 1.82) is 0 Å². The van der Waals surface area contributed by atoms with Crippen LogP contribution in [0.5, 0.6) is 5.75 Å². The molecule has 0 atom stereocenters. The van der Waals surface area contributed by atoms with Crippen molar-refractivity contribution < 1.29 is 19.5 Å². The van der Waals surface area contributed by atoms with Crippen molar-refractivity contribution in [3.05, 3.63) is 70.3 Å². The Bertz CT molecular complexity index is 1010. The van der Waals surface area contributed by atoms with E-state index >= 15 is 0 Å². The van der Waals surface area contributed by atoms with E-state index in [1.807, 2.05) is 30.3 Å². The van der Waals surface area contributed by atoms with E-state index in [1.54, 1.807) is 12.1 Å². The molecule has 0 spiro atoms. The number of aromatic hydroxyl groups is 1. The third kappa shape index (κ3) is 2.99. The van der Waals surface area contributed by atoms with Crippen LogP contribution in [-0.4, -0.2) is 16.1 Å². The second-order valence-corrected chi connectivity index (χ2v) is 5.72. The van der Waals surface area contributed by atoms with E-state index in [9.17, 15) is 15.1 Å². The second-order valence-electron chi connectivity index (χ2n) is 5.72. The van der Waals surface area contributed by atoms with Gasteiger partial charge in [0, 0.05) is 23.9 Å². The molecule has 4 N–H and O–H groups in total. The van der Waals surface area contributed by atoms with Crippen molar-refractivity contribution in [3.8, 4) is 5.75 Å². The van der Waals surface area contributed by atoms with Crippen LogP contribution in [-0.2, 0) is 13.0 Å². The normalized spacial score (nSPS) is 11.8. The Balaban J connectivity index is 2.35. The Morgan fingerprint density at radius 3 is 2.48 bits per heavy atom.